The zero-order valence-electron chi connectivity index (χ0n) is 18.6. The number of para-hydroxylation sites is 1. The van der Waals surface area contributed by atoms with Crippen LogP contribution in [0.4, 0.5) is 5.69 Å². The van der Waals surface area contributed by atoms with E-state index in [1.54, 1.807) is 6.07 Å². The van der Waals surface area contributed by atoms with Gasteiger partial charge in [-0.3, -0.25) is 5.43 Å². The smallest absolute Gasteiger partial charge is 0.348 e. The summed E-state index contributed by atoms with van der Waals surface area (Å²) in [7, 11) is 0. The van der Waals surface area contributed by atoms with Gasteiger partial charge in [0.25, 0.3) is 0 Å². The van der Waals surface area contributed by atoms with Crippen LogP contribution in [0.3, 0.4) is 0 Å². The first-order valence-corrected chi connectivity index (χ1v) is 13.0. The Morgan fingerprint density at radius 2 is 1.20 bits per heavy atom. The molecule has 0 fully saturated rings. The maximum absolute atomic E-state index is 13.2. The highest BCUT2D eigenvalue weighted by Gasteiger charge is 2.28. The third-order valence-electron chi connectivity index (χ3n) is 6.06. The lowest BCUT2D eigenvalue weighted by atomic mass is 10.1. The predicted molar refractivity (Wildman–Crippen MR) is 144 cm³/mol. The Morgan fingerprint density at radius 1 is 0.686 bits per heavy atom. The number of benzene rings is 4. The van der Waals surface area contributed by atoms with E-state index in [1.165, 1.54) is 0 Å². The third-order valence-corrected chi connectivity index (χ3v) is 9.83. The Hall–Kier alpha value is -4.43. The molecular formula is C29H20N3O2P. The van der Waals surface area contributed by atoms with Crippen LogP contribution in [0.25, 0.3) is 16.7 Å². The van der Waals surface area contributed by atoms with Crippen molar-refractivity contribution in [3.63, 3.8) is 0 Å². The standard InChI is InChI=1S/C29H20N3O2P/c33-29-27-25(30-32-31-28(27)24-18-10-11-19-26(24)34-29)20-35(21-12-4-1-5-13-21,22-14-6-2-7-15-22)23-16-8-3-9-17-23/h1-19H,(H,30,31). The second-order valence-corrected chi connectivity index (χ2v) is 11.2. The maximum Gasteiger partial charge on any atom is 0.348 e. The molecule has 4 aromatic carbocycles. The van der Waals surface area contributed by atoms with Crippen molar-refractivity contribution in [3.05, 3.63) is 131 Å². The zero-order valence-corrected chi connectivity index (χ0v) is 19.5. The van der Waals surface area contributed by atoms with Gasteiger partial charge in [-0.25, -0.2) is 4.79 Å². The largest absolute Gasteiger partial charge is 0.422 e. The molecular weight excluding hydrogens is 453 g/mol. The van der Waals surface area contributed by atoms with E-state index in [1.807, 2.05) is 72.8 Å². The first kappa shape index (κ1) is 21.1. The highest BCUT2D eigenvalue weighted by molar-refractivity contribution is 7.94. The van der Waals surface area contributed by atoms with Crippen molar-refractivity contribution in [1.82, 2.24) is 5.43 Å². The van der Waals surface area contributed by atoms with Crippen LogP contribution in [-0.2, 0) is 0 Å². The minimum Gasteiger partial charge on any atom is -0.422 e. The van der Waals surface area contributed by atoms with Gasteiger partial charge in [0.1, 0.15) is 22.5 Å². The molecule has 5 nitrogen and oxygen atoms in total. The summed E-state index contributed by atoms with van der Waals surface area (Å²) in [6.07, 6.45) is 0. The summed E-state index contributed by atoms with van der Waals surface area (Å²) in [4.78, 5) is 13.2. The van der Waals surface area contributed by atoms with Gasteiger partial charge >= 0.3 is 5.63 Å². The fraction of sp³-hybridized carbons (Fsp3) is 0. The van der Waals surface area contributed by atoms with E-state index < -0.39 is 12.5 Å². The highest BCUT2D eigenvalue weighted by atomic mass is 31.2. The lowest BCUT2D eigenvalue weighted by Gasteiger charge is -2.26. The summed E-state index contributed by atoms with van der Waals surface area (Å²) in [5.74, 6) is 0. The van der Waals surface area contributed by atoms with Crippen molar-refractivity contribution in [2.75, 3.05) is 0 Å². The van der Waals surface area contributed by atoms with Crippen molar-refractivity contribution in [2.24, 2.45) is 10.3 Å². The molecule has 5 aromatic rings. The van der Waals surface area contributed by atoms with Crippen LogP contribution in [0.15, 0.2) is 135 Å². The molecule has 0 bridgehead atoms. The van der Waals surface area contributed by atoms with E-state index in [2.05, 4.69) is 57.6 Å². The van der Waals surface area contributed by atoms with Gasteiger partial charge in [-0.1, -0.05) is 114 Å². The molecule has 1 aliphatic rings. The molecule has 0 spiro atoms. The summed E-state index contributed by atoms with van der Waals surface area (Å²) < 4.78 is 5.68. The summed E-state index contributed by atoms with van der Waals surface area (Å²) in [5.41, 5.74) is 8.07. The minimum absolute atomic E-state index is 0.339. The lowest BCUT2D eigenvalue weighted by molar-refractivity contribution is 0.556. The number of fused-ring (bicyclic) bond motifs is 3. The summed E-state index contributed by atoms with van der Waals surface area (Å²) in [6, 6.07) is 38.3. The Kier molecular flexibility index (Phi) is 5.27. The van der Waals surface area contributed by atoms with Crippen LogP contribution in [-0.4, -0.2) is 5.45 Å². The van der Waals surface area contributed by atoms with Crippen LogP contribution in [0.2, 0.25) is 0 Å². The van der Waals surface area contributed by atoms with Gasteiger partial charge in [0.05, 0.1) is 0 Å². The molecule has 0 aliphatic carbocycles. The quantitative estimate of drug-likeness (QED) is 0.292. The molecule has 1 aromatic heterocycles. The summed E-state index contributed by atoms with van der Waals surface area (Å²) in [5, 5.41) is 12.5. The molecule has 0 atom stereocenters. The lowest BCUT2D eigenvalue weighted by Crippen LogP contribution is -2.27. The van der Waals surface area contributed by atoms with Crippen LogP contribution < -0.4 is 27.0 Å². The molecule has 6 heteroatoms. The van der Waals surface area contributed by atoms with Gasteiger partial charge in [0, 0.05) is 12.3 Å². The Bertz CT molecular complexity index is 1620. The SMILES string of the molecule is O=c1oc2ccccc2c2c1C(=C=P(c1ccccc1)(c1ccccc1)c1ccccc1)NN=N2. The van der Waals surface area contributed by atoms with Crippen molar-refractivity contribution in [1.29, 1.82) is 0 Å². The molecule has 6 rings (SSSR count). The third kappa shape index (κ3) is 3.55. The number of nitrogens with zero attached hydrogens (tertiary/aromatic N) is 2. The van der Waals surface area contributed by atoms with E-state index in [0.717, 1.165) is 21.3 Å². The van der Waals surface area contributed by atoms with Crippen LogP contribution in [0, 0.1) is 0 Å². The second kappa shape index (κ2) is 8.73. The molecule has 0 radical (unpaired) electrons. The van der Waals surface area contributed by atoms with Crippen LogP contribution in [0.5, 0.6) is 0 Å². The summed E-state index contributed by atoms with van der Waals surface area (Å²) >= 11 is 0. The average molecular weight is 473 g/mol. The minimum atomic E-state index is -2.49. The fourth-order valence-corrected chi connectivity index (χ4v) is 8.12. The van der Waals surface area contributed by atoms with Gasteiger partial charge in [-0.15, -0.1) is 5.11 Å². The van der Waals surface area contributed by atoms with Gasteiger partial charge < -0.3 is 4.42 Å². The normalized spacial score (nSPS) is 12.6. The van der Waals surface area contributed by atoms with E-state index in [0.29, 0.717) is 22.5 Å². The maximum atomic E-state index is 13.2. The van der Waals surface area contributed by atoms with Crippen molar-refractivity contribution < 1.29 is 4.42 Å². The van der Waals surface area contributed by atoms with Gasteiger partial charge in [0.2, 0.25) is 0 Å². The molecule has 0 saturated heterocycles. The average Bonchev–Trinajstić information content (AvgIpc) is 2.93. The van der Waals surface area contributed by atoms with E-state index >= 15 is 0 Å². The van der Waals surface area contributed by atoms with Gasteiger partial charge in [0.15, 0.2) is 0 Å². The predicted octanol–water partition coefficient (Wildman–Crippen LogP) is 5.13. The molecule has 1 N–H and O–H groups in total. The molecule has 0 unspecified atom stereocenters. The number of hydrogen-bond donors (Lipinski definition) is 1. The first-order valence-electron chi connectivity index (χ1n) is 11.2. The number of hydrogen-bond acceptors (Lipinski definition) is 5. The molecule has 2 heterocycles. The van der Waals surface area contributed by atoms with Gasteiger partial charge in [-0.05, 0) is 28.0 Å². The van der Waals surface area contributed by atoms with Crippen LogP contribution >= 0.6 is 6.89 Å². The fourth-order valence-electron chi connectivity index (χ4n) is 4.48. The van der Waals surface area contributed by atoms with Crippen molar-refractivity contribution in [3.8, 4) is 0 Å². The van der Waals surface area contributed by atoms with E-state index in [9.17, 15) is 4.79 Å². The highest BCUT2D eigenvalue weighted by Crippen LogP contribution is 2.44. The van der Waals surface area contributed by atoms with Gasteiger partial charge in [-0.2, -0.15) is 0 Å². The summed E-state index contributed by atoms with van der Waals surface area (Å²) in [6.45, 7) is -2.49. The molecule has 0 saturated carbocycles. The topological polar surface area (TPSA) is 67.0 Å². The van der Waals surface area contributed by atoms with E-state index in [-0.39, 0.29) is 0 Å². The Labute approximate surface area is 202 Å². The van der Waals surface area contributed by atoms with Crippen molar-refractivity contribution in [2.45, 2.75) is 0 Å². The zero-order chi connectivity index (χ0) is 23.7. The number of rotatable bonds is 3. The van der Waals surface area contributed by atoms with Crippen LogP contribution in [0.1, 0.15) is 5.56 Å². The molecule has 168 valence electrons. The van der Waals surface area contributed by atoms with Crippen molar-refractivity contribution >= 4 is 50.6 Å². The van der Waals surface area contributed by atoms with E-state index in [4.69, 9.17) is 4.42 Å². The Balaban J connectivity index is 1.84. The molecule has 1 aliphatic heterocycles. The molecule has 0 amide bonds. The Morgan fingerprint density at radius 3 is 1.77 bits per heavy atom. The first-order chi connectivity index (χ1) is 17.3. The second-order valence-electron chi connectivity index (χ2n) is 8.09. The molecule has 35 heavy (non-hydrogen) atoms. The monoisotopic (exact) mass is 473 g/mol. The number of nitrogens with one attached hydrogen (secondary N) is 1.